The molecule has 22 heavy (non-hydrogen) atoms. The molecule has 6 nitrogen and oxygen atoms in total. The van der Waals surface area contributed by atoms with Gasteiger partial charge in [-0.05, 0) is 53.1 Å². The minimum Gasteiger partial charge on any atom is -0.425 e. The van der Waals surface area contributed by atoms with Crippen LogP contribution in [0.3, 0.4) is 0 Å². The zero-order valence-electron chi connectivity index (χ0n) is 14.7. The van der Waals surface area contributed by atoms with Crippen molar-refractivity contribution in [2.45, 2.75) is 66.6 Å². The molecule has 0 fully saturated rings. The monoisotopic (exact) mass is 316 g/mol. The zero-order chi connectivity index (χ0) is 17.0. The lowest BCUT2D eigenvalue weighted by Gasteiger charge is -2.20. The number of amides is 1. The molecule has 0 aromatic heterocycles. The molecule has 0 aromatic carbocycles. The first-order valence-electron chi connectivity index (χ1n) is 8.13. The lowest BCUT2D eigenvalue weighted by molar-refractivity contribution is -0.174. The Kier molecular flexibility index (Phi) is 10.6. The van der Waals surface area contributed by atoms with Crippen LogP contribution < -0.4 is 10.6 Å². The average molecular weight is 316 g/mol. The molecule has 0 aromatic rings. The van der Waals surface area contributed by atoms with Crippen LogP contribution in [0, 0.1) is 5.41 Å². The van der Waals surface area contributed by atoms with Crippen LogP contribution in [0.25, 0.3) is 0 Å². The van der Waals surface area contributed by atoms with E-state index in [9.17, 15) is 9.59 Å². The van der Waals surface area contributed by atoms with Gasteiger partial charge in [-0.3, -0.25) is 4.79 Å². The Labute approximate surface area is 134 Å². The summed E-state index contributed by atoms with van der Waals surface area (Å²) in [4.78, 5) is 23.1. The van der Waals surface area contributed by atoms with Gasteiger partial charge >= 0.3 is 12.1 Å². The zero-order valence-corrected chi connectivity index (χ0v) is 14.7. The standard InChI is InChI=1S/C16H32N2O4/c1-6-10-17-11-8-7-9-12-18-15(20)22-13(2)21-14(19)16(3,4)5/h13,17H,6-12H2,1-5H3,(H,18,20)/t13-/m0/s1. The minimum atomic E-state index is -0.884. The highest BCUT2D eigenvalue weighted by Gasteiger charge is 2.26. The van der Waals surface area contributed by atoms with Crippen molar-refractivity contribution in [2.24, 2.45) is 5.41 Å². The maximum Gasteiger partial charge on any atom is 0.410 e. The van der Waals surface area contributed by atoms with E-state index in [0.717, 1.165) is 38.8 Å². The van der Waals surface area contributed by atoms with E-state index in [1.54, 1.807) is 20.8 Å². The number of rotatable bonds is 10. The molecule has 0 aliphatic rings. The van der Waals surface area contributed by atoms with Gasteiger partial charge in [0.2, 0.25) is 6.29 Å². The van der Waals surface area contributed by atoms with Gasteiger partial charge in [-0.2, -0.15) is 0 Å². The van der Waals surface area contributed by atoms with Crippen LogP contribution in [0.1, 0.15) is 60.3 Å². The topological polar surface area (TPSA) is 76.7 Å². The highest BCUT2D eigenvalue weighted by Crippen LogP contribution is 2.16. The number of alkyl carbamates (subject to hydrolysis) is 1. The van der Waals surface area contributed by atoms with Crippen molar-refractivity contribution >= 4 is 12.1 Å². The van der Waals surface area contributed by atoms with E-state index in [4.69, 9.17) is 9.47 Å². The SMILES string of the molecule is CCCNCCCCCNC(=O)O[C@@H](C)OC(=O)C(C)(C)C. The third kappa shape index (κ3) is 11.4. The Morgan fingerprint density at radius 3 is 2.23 bits per heavy atom. The van der Waals surface area contributed by atoms with Crippen molar-refractivity contribution in [3.63, 3.8) is 0 Å². The summed E-state index contributed by atoms with van der Waals surface area (Å²) in [6, 6.07) is 0. The van der Waals surface area contributed by atoms with Crippen LogP contribution in [-0.2, 0) is 14.3 Å². The Balaban J connectivity index is 3.63. The first-order valence-corrected chi connectivity index (χ1v) is 8.13. The van der Waals surface area contributed by atoms with E-state index in [1.165, 1.54) is 6.92 Å². The second-order valence-corrected chi connectivity index (χ2v) is 6.37. The van der Waals surface area contributed by atoms with Crippen molar-refractivity contribution in [1.82, 2.24) is 10.6 Å². The summed E-state index contributed by atoms with van der Waals surface area (Å²) in [6.45, 7) is 11.5. The third-order valence-corrected chi connectivity index (χ3v) is 2.88. The summed E-state index contributed by atoms with van der Waals surface area (Å²) in [7, 11) is 0. The summed E-state index contributed by atoms with van der Waals surface area (Å²) in [5.41, 5.74) is -0.611. The number of hydrogen-bond acceptors (Lipinski definition) is 5. The molecule has 0 saturated carbocycles. The minimum absolute atomic E-state index is 0.396. The molecule has 0 bridgehead atoms. The molecule has 130 valence electrons. The van der Waals surface area contributed by atoms with Crippen molar-refractivity contribution in [2.75, 3.05) is 19.6 Å². The number of nitrogens with one attached hydrogen (secondary N) is 2. The Morgan fingerprint density at radius 1 is 1.00 bits per heavy atom. The Morgan fingerprint density at radius 2 is 1.64 bits per heavy atom. The number of hydrogen-bond donors (Lipinski definition) is 2. The second kappa shape index (κ2) is 11.3. The van der Waals surface area contributed by atoms with E-state index >= 15 is 0 Å². The van der Waals surface area contributed by atoms with Gasteiger partial charge in [-0.1, -0.05) is 13.3 Å². The molecule has 0 heterocycles. The van der Waals surface area contributed by atoms with Crippen LogP contribution in [0.4, 0.5) is 4.79 Å². The van der Waals surface area contributed by atoms with Gasteiger partial charge in [0.15, 0.2) is 0 Å². The van der Waals surface area contributed by atoms with Gasteiger partial charge in [0.1, 0.15) is 0 Å². The van der Waals surface area contributed by atoms with Gasteiger partial charge in [0.25, 0.3) is 0 Å². The normalized spacial score (nSPS) is 12.6. The van der Waals surface area contributed by atoms with Crippen LogP contribution in [-0.4, -0.2) is 38.0 Å². The molecule has 0 unspecified atom stereocenters. The lowest BCUT2D eigenvalue weighted by atomic mass is 9.97. The van der Waals surface area contributed by atoms with E-state index < -0.39 is 23.8 Å². The quantitative estimate of drug-likeness (QED) is 0.368. The molecule has 6 heteroatoms. The summed E-state index contributed by atoms with van der Waals surface area (Å²) in [5, 5.41) is 5.99. The van der Waals surface area contributed by atoms with Crippen LogP contribution in [0.5, 0.6) is 0 Å². The van der Waals surface area contributed by atoms with Crippen LogP contribution >= 0.6 is 0 Å². The largest absolute Gasteiger partial charge is 0.425 e. The number of ether oxygens (including phenoxy) is 2. The molecule has 2 N–H and O–H groups in total. The van der Waals surface area contributed by atoms with E-state index in [1.807, 2.05) is 0 Å². The first-order chi connectivity index (χ1) is 10.3. The maximum atomic E-state index is 11.6. The lowest BCUT2D eigenvalue weighted by Crippen LogP contribution is -2.33. The first kappa shape index (κ1) is 20.7. The van der Waals surface area contributed by atoms with E-state index in [0.29, 0.717) is 6.54 Å². The van der Waals surface area contributed by atoms with Crippen molar-refractivity contribution < 1.29 is 19.1 Å². The fourth-order valence-corrected chi connectivity index (χ4v) is 1.59. The van der Waals surface area contributed by atoms with Gasteiger partial charge in [-0.15, -0.1) is 0 Å². The molecule has 1 amide bonds. The predicted octanol–water partition coefficient (Wildman–Crippen LogP) is 2.82. The fraction of sp³-hybridized carbons (Fsp3) is 0.875. The summed E-state index contributed by atoms with van der Waals surface area (Å²) in [6.07, 6.45) is 2.75. The summed E-state index contributed by atoms with van der Waals surface area (Å²) >= 11 is 0. The van der Waals surface area contributed by atoms with E-state index in [2.05, 4.69) is 17.6 Å². The van der Waals surface area contributed by atoms with Crippen molar-refractivity contribution in [1.29, 1.82) is 0 Å². The summed E-state index contributed by atoms with van der Waals surface area (Å²) < 4.78 is 10.0. The van der Waals surface area contributed by atoms with Crippen LogP contribution in [0.2, 0.25) is 0 Å². The van der Waals surface area contributed by atoms with Crippen molar-refractivity contribution in [3.8, 4) is 0 Å². The predicted molar refractivity (Wildman–Crippen MR) is 86.5 cm³/mol. The number of unbranched alkanes of at least 4 members (excludes halogenated alkanes) is 2. The smallest absolute Gasteiger partial charge is 0.410 e. The fourth-order valence-electron chi connectivity index (χ4n) is 1.59. The van der Waals surface area contributed by atoms with Crippen molar-refractivity contribution in [3.05, 3.63) is 0 Å². The molecule has 0 spiro atoms. The number of esters is 1. The average Bonchev–Trinajstić information content (AvgIpc) is 2.40. The second-order valence-electron chi connectivity index (χ2n) is 6.37. The molecule has 0 saturated heterocycles. The number of carbonyl (C=O) groups is 2. The molecule has 0 rings (SSSR count). The molecule has 0 radical (unpaired) electrons. The molecule has 1 atom stereocenters. The number of carbonyl (C=O) groups excluding carboxylic acids is 2. The molecular formula is C16H32N2O4. The third-order valence-electron chi connectivity index (χ3n) is 2.88. The maximum absolute atomic E-state index is 11.6. The molecule has 0 aliphatic heterocycles. The van der Waals surface area contributed by atoms with Gasteiger partial charge < -0.3 is 20.1 Å². The molecule has 0 aliphatic carbocycles. The molecular weight excluding hydrogens is 284 g/mol. The van der Waals surface area contributed by atoms with Gasteiger partial charge in [-0.25, -0.2) is 4.79 Å². The van der Waals surface area contributed by atoms with Gasteiger partial charge in [0, 0.05) is 13.5 Å². The van der Waals surface area contributed by atoms with Gasteiger partial charge in [0.05, 0.1) is 5.41 Å². The highest BCUT2D eigenvalue weighted by molar-refractivity contribution is 5.75. The Bertz CT molecular complexity index is 327. The Hall–Kier alpha value is -1.30. The summed E-state index contributed by atoms with van der Waals surface area (Å²) in [5.74, 6) is -0.396. The van der Waals surface area contributed by atoms with E-state index in [-0.39, 0.29) is 0 Å². The van der Waals surface area contributed by atoms with Crippen LogP contribution in [0.15, 0.2) is 0 Å². The highest BCUT2D eigenvalue weighted by atomic mass is 16.7.